The van der Waals surface area contributed by atoms with Crippen LogP contribution >= 0.6 is 23.4 Å². The van der Waals surface area contributed by atoms with E-state index in [-0.39, 0.29) is 16.7 Å². The third kappa shape index (κ3) is 3.94. The number of carbonyl (C=O) groups is 1. The third-order valence-corrected chi connectivity index (χ3v) is 3.02. The van der Waals surface area contributed by atoms with Gasteiger partial charge in [-0.15, -0.1) is 0 Å². The summed E-state index contributed by atoms with van der Waals surface area (Å²) in [6.45, 7) is 0.651. The first-order valence-corrected chi connectivity index (χ1v) is 6.68. The van der Waals surface area contributed by atoms with Crippen molar-refractivity contribution in [2.45, 2.75) is 6.42 Å². The minimum Gasteiger partial charge on any atom is -0.506 e. The molecule has 1 rings (SSSR count). The van der Waals surface area contributed by atoms with Crippen LogP contribution in [0, 0.1) is 0 Å². The van der Waals surface area contributed by atoms with E-state index < -0.39 is 0 Å². The van der Waals surface area contributed by atoms with Crippen LogP contribution in [0.25, 0.3) is 0 Å². The summed E-state index contributed by atoms with van der Waals surface area (Å²) in [6.07, 6.45) is 2.97. The standard InChI is InChI=1S/C11H14ClNO2S/c1-16-6-2-5-13-11(15)8-3-4-10(14)9(12)7-8/h3-4,7,14H,2,5-6H2,1H3,(H,13,15). The molecule has 0 radical (unpaired) electrons. The summed E-state index contributed by atoms with van der Waals surface area (Å²) in [5.74, 6) is 0.847. The molecule has 88 valence electrons. The molecule has 0 atom stereocenters. The number of phenols is 1. The van der Waals surface area contributed by atoms with Crippen LogP contribution in [0.4, 0.5) is 0 Å². The van der Waals surface area contributed by atoms with E-state index in [1.54, 1.807) is 17.8 Å². The van der Waals surface area contributed by atoms with Gasteiger partial charge in [-0.25, -0.2) is 0 Å². The van der Waals surface area contributed by atoms with Crippen LogP contribution in [0.1, 0.15) is 16.8 Å². The number of carbonyl (C=O) groups excluding carboxylic acids is 1. The van der Waals surface area contributed by atoms with Crippen molar-refractivity contribution in [3.63, 3.8) is 0 Å². The maximum absolute atomic E-state index is 11.6. The molecule has 0 spiro atoms. The number of nitrogens with one attached hydrogen (secondary N) is 1. The van der Waals surface area contributed by atoms with Crippen molar-refractivity contribution in [1.29, 1.82) is 0 Å². The second-order valence-corrected chi connectivity index (χ2v) is 4.66. The second kappa shape index (κ2) is 6.66. The number of phenolic OH excluding ortho intramolecular Hbond substituents is 1. The largest absolute Gasteiger partial charge is 0.506 e. The van der Waals surface area contributed by atoms with Crippen LogP contribution < -0.4 is 5.32 Å². The van der Waals surface area contributed by atoms with Crippen molar-refractivity contribution in [3.05, 3.63) is 28.8 Å². The van der Waals surface area contributed by atoms with Crippen molar-refractivity contribution in [1.82, 2.24) is 5.32 Å². The summed E-state index contributed by atoms with van der Waals surface area (Å²) in [5.41, 5.74) is 0.465. The van der Waals surface area contributed by atoms with E-state index in [9.17, 15) is 9.90 Å². The van der Waals surface area contributed by atoms with Crippen molar-refractivity contribution in [2.24, 2.45) is 0 Å². The van der Waals surface area contributed by atoms with Gasteiger partial charge < -0.3 is 10.4 Å². The number of aromatic hydroxyl groups is 1. The van der Waals surface area contributed by atoms with E-state index >= 15 is 0 Å². The van der Waals surface area contributed by atoms with E-state index in [0.717, 1.165) is 12.2 Å². The van der Waals surface area contributed by atoms with Gasteiger partial charge in [-0.3, -0.25) is 4.79 Å². The fourth-order valence-electron chi connectivity index (χ4n) is 1.17. The molecule has 1 aromatic rings. The normalized spacial score (nSPS) is 10.1. The second-order valence-electron chi connectivity index (χ2n) is 3.27. The molecule has 0 aliphatic carbocycles. The Kier molecular flexibility index (Phi) is 5.49. The number of hydrogen-bond acceptors (Lipinski definition) is 3. The SMILES string of the molecule is CSCCCNC(=O)c1ccc(O)c(Cl)c1. The van der Waals surface area contributed by atoms with Gasteiger partial charge in [0.2, 0.25) is 0 Å². The Hall–Kier alpha value is -0.870. The predicted octanol–water partition coefficient (Wildman–Crippen LogP) is 2.53. The molecule has 3 nitrogen and oxygen atoms in total. The average molecular weight is 260 g/mol. The molecule has 0 unspecified atom stereocenters. The lowest BCUT2D eigenvalue weighted by Crippen LogP contribution is -2.24. The highest BCUT2D eigenvalue weighted by atomic mass is 35.5. The first-order chi connectivity index (χ1) is 7.65. The molecule has 5 heteroatoms. The van der Waals surface area contributed by atoms with Crippen LogP contribution in [0.2, 0.25) is 5.02 Å². The van der Waals surface area contributed by atoms with Crippen LogP contribution in [0.5, 0.6) is 5.75 Å². The lowest BCUT2D eigenvalue weighted by molar-refractivity contribution is 0.0954. The average Bonchev–Trinajstić information content (AvgIpc) is 2.28. The van der Waals surface area contributed by atoms with Crippen LogP contribution in [-0.4, -0.2) is 29.6 Å². The first kappa shape index (κ1) is 13.2. The molecule has 0 heterocycles. The molecule has 1 amide bonds. The molecule has 1 aromatic carbocycles. The van der Waals surface area contributed by atoms with Gasteiger partial charge in [-0.1, -0.05) is 11.6 Å². The minimum atomic E-state index is -0.164. The van der Waals surface area contributed by atoms with Gasteiger partial charge in [0.1, 0.15) is 5.75 Å². The smallest absolute Gasteiger partial charge is 0.251 e. The van der Waals surface area contributed by atoms with Crippen molar-refractivity contribution < 1.29 is 9.90 Å². The van der Waals surface area contributed by atoms with Crippen LogP contribution in [0.3, 0.4) is 0 Å². The number of benzene rings is 1. The third-order valence-electron chi connectivity index (χ3n) is 2.02. The van der Waals surface area contributed by atoms with E-state index in [1.807, 2.05) is 6.26 Å². The van der Waals surface area contributed by atoms with Gasteiger partial charge in [0.15, 0.2) is 0 Å². The van der Waals surface area contributed by atoms with Crippen LogP contribution in [0.15, 0.2) is 18.2 Å². The maximum Gasteiger partial charge on any atom is 0.251 e. The molecule has 0 aliphatic rings. The molecule has 0 fully saturated rings. The van der Waals surface area contributed by atoms with Crippen molar-refractivity contribution in [2.75, 3.05) is 18.6 Å². The maximum atomic E-state index is 11.6. The van der Waals surface area contributed by atoms with E-state index in [1.165, 1.54) is 12.1 Å². The fourth-order valence-corrected chi connectivity index (χ4v) is 1.78. The zero-order valence-corrected chi connectivity index (χ0v) is 10.6. The Morgan fingerprint density at radius 2 is 2.31 bits per heavy atom. The van der Waals surface area contributed by atoms with Gasteiger partial charge in [-0.2, -0.15) is 11.8 Å². The Morgan fingerprint density at radius 3 is 2.94 bits per heavy atom. The minimum absolute atomic E-state index is 0.0133. The van der Waals surface area contributed by atoms with Gasteiger partial charge in [0.25, 0.3) is 5.91 Å². The number of rotatable bonds is 5. The summed E-state index contributed by atoms with van der Waals surface area (Å²) >= 11 is 7.46. The topological polar surface area (TPSA) is 49.3 Å². The van der Waals surface area contributed by atoms with Gasteiger partial charge >= 0.3 is 0 Å². The van der Waals surface area contributed by atoms with Gasteiger partial charge in [0.05, 0.1) is 5.02 Å². The Morgan fingerprint density at radius 1 is 1.56 bits per heavy atom. The monoisotopic (exact) mass is 259 g/mol. The Labute approximate surface area is 104 Å². The lowest BCUT2D eigenvalue weighted by atomic mass is 10.2. The summed E-state index contributed by atoms with van der Waals surface area (Å²) < 4.78 is 0. The number of halogens is 1. The molecule has 16 heavy (non-hydrogen) atoms. The predicted molar refractivity (Wildman–Crippen MR) is 68.4 cm³/mol. The molecule has 0 aliphatic heterocycles. The van der Waals surface area contributed by atoms with E-state index in [0.29, 0.717) is 12.1 Å². The molecule has 2 N–H and O–H groups in total. The number of thioether (sulfide) groups is 1. The van der Waals surface area contributed by atoms with Crippen LogP contribution in [-0.2, 0) is 0 Å². The molecule has 0 bridgehead atoms. The summed E-state index contributed by atoms with van der Waals surface area (Å²) in [6, 6.07) is 4.42. The number of hydrogen-bond donors (Lipinski definition) is 2. The lowest BCUT2D eigenvalue weighted by Gasteiger charge is -2.05. The zero-order valence-electron chi connectivity index (χ0n) is 9.00. The van der Waals surface area contributed by atoms with Crippen molar-refractivity contribution >= 4 is 29.3 Å². The highest BCUT2D eigenvalue weighted by Crippen LogP contribution is 2.23. The molecular formula is C11H14ClNO2S. The van der Waals surface area contributed by atoms with E-state index in [2.05, 4.69) is 5.32 Å². The first-order valence-electron chi connectivity index (χ1n) is 4.91. The summed E-state index contributed by atoms with van der Waals surface area (Å²) in [7, 11) is 0. The Bertz CT molecular complexity index is 371. The van der Waals surface area contributed by atoms with E-state index in [4.69, 9.17) is 11.6 Å². The molecular weight excluding hydrogens is 246 g/mol. The van der Waals surface area contributed by atoms with Gasteiger partial charge in [0, 0.05) is 12.1 Å². The fraction of sp³-hybridized carbons (Fsp3) is 0.364. The summed E-state index contributed by atoms with van der Waals surface area (Å²) in [4.78, 5) is 11.6. The van der Waals surface area contributed by atoms with Crippen molar-refractivity contribution in [3.8, 4) is 5.75 Å². The molecule has 0 aromatic heterocycles. The quantitative estimate of drug-likeness (QED) is 0.799. The Balaban J connectivity index is 2.50. The highest BCUT2D eigenvalue weighted by molar-refractivity contribution is 7.98. The molecule has 0 saturated heterocycles. The molecule has 0 saturated carbocycles. The summed E-state index contributed by atoms with van der Waals surface area (Å²) in [5, 5.41) is 12.2. The number of amides is 1. The van der Waals surface area contributed by atoms with Gasteiger partial charge in [-0.05, 0) is 36.6 Å². The zero-order chi connectivity index (χ0) is 12.0. The highest BCUT2D eigenvalue weighted by Gasteiger charge is 2.07.